The smallest absolute Gasteiger partial charge is 0.0278 e. The first-order chi connectivity index (χ1) is 6.20. The van der Waals surface area contributed by atoms with Gasteiger partial charge < -0.3 is 11.5 Å². The van der Waals surface area contributed by atoms with Crippen molar-refractivity contribution in [3.05, 3.63) is 0 Å². The SMILES string of the molecule is CCCC1CCCC(N)(CN)CC1. The van der Waals surface area contributed by atoms with Gasteiger partial charge in [0.25, 0.3) is 0 Å². The van der Waals surface area contributed by atoms with Gasteiger partial charge in [0.1, 0.15) is 0 Å². The molecule has 2 heteroatoms. The second-order valence-corrected chi connectivity index (χ2v) is 4.65. The van der Waals surface area contributed by atoms with Gasteiger partial charge in [-0.1, -0.05) is 32.6 Å². The van der Waals surface area contributed by atoms with E-state index in [1.165, 1.54) is 32.1 Å². The van der Waals surface area contributed by atoms with Crippen molar-refractivity contribution in [1.82, 2.24) is 0 Å². The second kappa shape index (κ2) is 4.97. The summed E-state index contributed by atoms with van der Waals surface area (Å²) in [5, 5.41) is 0. The zero-order valence-electron chi connectivity index (χ0n) is 8.89. The topological polar surface area (TPSA) is 52.0 Å². The van der Waals surface area contributed by atoms with Gasteiger partial charge >= 0.3 is 0 Å². The largest absolute Gasteiger partial charge is 0.329 e. The maximum absolute atomic E-state index is 6.19. The minimum atomic E-state index is -0.0392. The highest BCUT2D eigenvalue weighted by atomic mass is 14.8. The van der Waals surface area contributed by atoms with Gasteiger partial charge in [0.15, 0.2) is 0 Å². The Hall–Kier alpha value is -0.0800. The van der Waals surface area contributed by atoms with Crippen LogP contribution in [0.4, 0.5) is 0 Å². The molecule has 1 saturated carbocycles. The molecule has 2 nitrogen and oxygen atoms in total. The van der Waals surface area contributed by atoms with Crippen molar-refractivity contribution in [2.45, 2.75) is 57.4 Å². The molecular weight excluding hydrogens is 160 g/mol. The fraction of sp³-hybridized carbons (Fsp3) is 1.00. The van der Waals surface area contributed by atoms with Crippen LogP contribution in [0.3, 0.4) is 0 Å². The lowest BCUT2D eigenvalue weighted by atomic mass is 9.90. The summed E-state index contributed by atoms with van der Waals surface area (Å²) in [6.45, 7) is 2.93. The number of hydrogen-bond acceptors (Lipinski definition) is 2. The standard InChI is InChI=1S/C11H24N2/c1-2-4-10-5-3-7-11(13,9-12)8-6-10/h10H,2-9,12-13H2,1H3. The van der Waals surface area contributed by atoms with E-state index >= 15 is 0 Å². The van der Waals surface area contributed by atoms with Gasteiger partial charge in [0, 0.05) is 12.1 Å². The van der Waals surface area contributed by atoms with Gasteiger partial charge in [-0.2, -0.15) is 0 Å². The number of nitrogens with two attached hydrogens (primary N) is 2. The average Bonchev–Trinajstić information content (AvgIpc) is 2.31. The van der Waals surface area contributed by atoms with Crippen LogP contribution in [0, 0.1) is 5.92 Å². The molecule has 0 aromatic carbocycles. The molecule has 1 fully saturated rings. The summed E-state index contributed by atoms with van der Waals surface area (Å²) >= 11 is 0. The molecule has 0 spiro atoms. The van der Waals surface area contributed by atoms with Gasteiger partial charge in [0.05, 0.1) is 0 Å². The molecule has 0 aromatic rings. The molecule has 0 radical (unpaired) electrons. The summed E-state index contributed by atoms with van der Waals surface area (Å²) in [6.07, 6.45) is 8.89. The predicted octanol–water partition coefficient (Wildman–Crippen LogP) is 2.02. The molecule has 1 aliphatic carbocycles. The molecule has 0 aromatic heterocycles. The molecule has 4 N–H and O–H groups in total. The van der Waals surface area contributed by atoms with Crippen LogP contribution in [-0.4, -0.2) is 12.1 Å². The van der Waals surface area contributed by atoms with E-state index in [4.69, 9.17) is 11.5 Å². The summed E-state index contributed by atoms with van der Waals surface area (Å²) in [4.78, 5) is 0. The summed E-state index contributed by atoms with van der Waals surface area (Å²) in [5.74, 6) is 0.918. The van der Waals surface area contributed by atoms with E-state index < -0.39 is 0 Å². The third kappa shape index (κ3) is 3.28. The summed E-state index contributed by atoms with van der Waals surface area (Å²) in [7, 11) is 0. The van der Waals surface area contributed by atoms with Crippen LogP contribution in [0.5, 0.6) is 0 Å². The summed E-state index contributed by atoms with van der Waals surface area (Å²) in [5.41, 5.74) is 11.9. The molecular formula is C11H24N2. The second-order valence-electron chi connectivity index (χ2n) is 4.65. The van der Waals surface area contributed by atoms with E-state index in [9.17, 15) is 0 Å². The van der Waals surface area contributed by atoms with E-state index in [2.05, 4.69) is 6.92 Å². The summed E-state index contributed by atoms with van der Waals surface area (Å²) < 4.78 is 0. The first kappa shape index (κ1) is 11.0. The van der Waals surface area contributed by atoms with Gasteiger partial charge in [-0.15, -0.1) is 0 Å². The fourth-order valence-electron chi connectivity index (χ4n) is 2.40. The average molecular weight is 184 g/mol. The van der Waals surface area contributed by atoms with Crippen molar-refractivity contribution in [2.75, 3.05) is 6.54 Å². The van der Waals surface area contributed by atoms with Gasteiger partial charge in [-0.05, 0) is 25.2 Å². The molecule has 0 aliphatic heterocycles. The molecule has 1 aliphatic rings. The van der Waals surface area contributed by atoms with Crippen molar-refractivity contribution in [3.63, 3.8) is 0 Å². The Morgan fingerprint density at radius 2 is 2.08 bits per heavy atom. The normalized spacial score (nSPS) is 35.8. The van der Waals surface area contributed by atoms with Crippen LogP contribution in [0.1, 0.15) is 51.9 Å². The Morgan fingerprint density at radius 3 is 2.69 bits per heavy atom. The zero-order chi connectivity index (χ0) is 9.73. The van der Waals surface area contributed by atoms with E-state index in [1.807, 2.05) is 0 Å². The summed E-state index contributed by atoms with van der Waals surface area (Å²) in [6, 6.07) is 0. The third-order valence-corrected chi connectivity index (χ3v) is 3.44. The van der Waals surface area contributed by atoms with E-state index in [0.717, 1.165) is 18.8 Å². The number of rotatable bonds is 3. The van der Waals surface area contributed by atoms with Crippen molar-refractivity contribution in [1.29, 1.82) is 0 Å². The Labute approximate surface area is 82.1 Å². The first-order valence-corrected chi connectivity index (χ1v) is 5.69. The van der Waals surface area contributed by atoms with Crippen LogP contribution in [0.25, 0.3) is 0 Å². The maximum atomic E-state index is 6.19. The molecule has 0 heterocycles. The highest BCUT2D eigenvalue weighted by Crippen LogP contribution is 2.30. The van der Waals surface area contributed by atoms with Crippen molar-refractivity contribution >= 4 is 0 Å². The Balaban J connectivity index is 2.39. The predicted molar refractivity (Wildman–Crippen MR) is 57.5 cm³/mol. The molecule has 2 atom stereocenters. The quantitative estimate of drug-likeness (QED) is 0.659. The highest BCUT2D eigenvalue weighted by molar-refractivity contribution is 4.88. The fourth-order valence-corrected chi connectivity index (χ4v) is 2.40. The van der Waals surface area contributed by atoms with Crippen molar-refractivity contribution < 1.29 is 0 Å². The van der Waals surface area contributed by atoms with E-state index in [1.54, 1.807) is 0 Å². The molecule has 0 bridgehead atoms. The van der Waals surface area contributed by atoms with Crippen LogP contribution in [0.2, 0.25) is 0 Å². The van der Waals surface area contributed by atoms with Crippen LogP contribution >= 0.6 is 0 Å². The Bertz CT molecular complexity index is 147. The van der Waals surface area contributed by atoms with Crippen molar-refractivity contribution in [3.8, 4) is 0 Å². The van der Waals surface area contributed by atoms with Crippen LogP contribution < -0.4 is 11.5 Å². The lowest BCUT2D eigenvalue weighted by molar-refractivity contribution is 0.365. The minimum Gasteiger partial charge on any atom is -0.329 e. The van der Waals surface area contributed by atoms with E-state index in [-0.39, 0.29) is 5.54 Å². The minimum absolute atomic E-state index is 0.0392. The van der Waals surface area contributed by atoms with Crippen LogP contribution in [-0.2, 0) is 0 Å². The molecule has 1 rings (SSSR count). The lowest BCUT2D eigenvalue weighted by Gasteiger charge is -2.25. The zero-order valence-corrected chi connectivity index (χ0v) is 8.89. The number of hydrogen-bond donors (Lipinski definition) is 2. The van der Waals surface area contributed by atoms with Gasteiger partial charge in [0.2, 0.25) is 0 Å². The maximum Gasteiger partial charge on any atom is 0.0278 e. The third-order valence-electron chi connectivity index (χ3n) is 3.44. The Kier molecular flexibility index (Phi) is 4.20. The molecule has 13 heavy (non-hydrogen) atoms. The molecule has 0 amide bonds. The molecule has 2 unspecified atom stereocenters. The van der Waals surface area contributed by atoms with E-state index in [0.29, 0.717) is 6.54 Å². The first-order valence-electron chi connectivity index (χ1n) is 5.69. The highest BCUT2D eigenvalue weighted by Gasteiger charge is 2.27. The van der Waals surface area contributed by atoms with Gasteiger partial charge in [-0.25, -0.2) is 0 Å². The lowest BCUT2D eigenvalue weighted by Crippen LogP contribution is -2.46. The van der Waals surface area contributed by atoms with Crippen LogP contribution in [0.15, 0.2) is 0 Å². The van der Waals surface area contributed by atoms with Gasteiger partial charge in [-0.3, -0.25) is 0 Å². The van der Waals surface area contributed by atoms with Crippen molar-refractivity contribution in [2.24, 2.45) is 17.4 Å². The Morgan fingerprint density at radius 1 is 1.31 bits per heavy atom. The monoisotopic (exact) mass is 184 g/mol. The molecule has 78 valence electrons. The molecule has 0 saturated heterocycles.